The van der Waals surface area contributed by atoms with E-state index in [0.717, 1.165) is 15.4 Å². The molecule has 24 heavy (non-hydrogen) atoms. The van der Waals surface area contributed by atoms with Crippen molar-refractivity contribution in [3.8, 4) is 0 Å². The molecule has 0 unspecified atom stereocenters. The average molecular weight is 368 g/mol. The van der Waals surface area contributed by atoms with Crippen LogP contribution < -0.4 is 0 Å². The van der Waals surface area contributed by atoms with Crippen LogP contribution in [0.5, 0.6) is 0 Å². The fourth-order valence-corrected chi connectivity index (χ4v) is 3.95. The Bertz CT molecular complexity index is 837. The summed E-state index contributed by atoms with van der Waals surface area (Å²) in [6, 6.07) is 11.7. The number of aryl methyl sites for hydroxylation is 1. The molecule has 5 nitrogen and oxygen atoms in total. The van der Waals surface area contributed by atoms with Gasteiger partial charge in [0, 0.05) is 12.1 Å². The second-order valence-corrected chi connectivity index (χ2v) is 7.90. The highest BCUT2D eigenvalue weighted by atomic mass is 35.5. The normalized spacial score (nSPS) is 13.0. The smallest absolute Gasteiger partial charge is 0.322 e. The first-order valence-electron chi connectivity index (χ1n) is 7.24. The quantitative estimate of drug-likeness (QED) is 0.851. The zero-order chi connectivity index (χ0) is 17.9. The van der Waals surface area contributed by atoms with Crippen LogP contribution in [0, 0.1) is 6.92 Å². The van der Waals surface area contributed by atoms with Gasteiger partial charge in [-0.2, -0.15) is 4.31 Å². The fraction of sp³-hybridized carbons (Fsp3) is 0.235. The van der Waals surface area contributed by atoms with Gasteiger partial charge in [-0.3, -0.25) is 4.79 Å². The number of aliphatic carboxylic acids is 1. The van der Waals surface area contributed by atoms with Gasteiger partial charge in [0.15, 0.2) is 0 Å². The van der Waals surface area contributed by atoms with E-state index in [1.54, 1.807) is 36.4 Å². The fourth-order valence-electron chi connectivity index (χ4n) is 2.39. The third-order valence-corrected chi connectivity index (χ3v) is 5.98. The highest BCUT2D eigenvalue weighted by Crippen LogP contribution is 2.22. The van der Waals surface area contributed by atoms with Gasteiger partial charge in [-0.15, -0.1) is 0 Å². The molecule has 0 aliphatic heterocycles. The number of carboxylic acids is 1. The van der Waals surface area contributed by atoms with E-state index in [2.05, 4.69) is 0 Å². The minimum Gasteiger partial charge on any atom is -0.480 e. The number of carbonyl (C=O) groups is 1. The molecule has 2 aromatic rings. The van der Waals surface area contributed by atoms with Crippen molar-refractivity contribution in [1.29, 1.82) is 0 Å². The Kier molecular flexibility index (Phi) is 5.64. The lowest BCUT2D eigenvalue weighted by Gasteiger charge is -2.25. The monoisotopic (exact) mass is 367 g/mol. The Hall–Kier alpha value is -1.89. The summed E-state index contributed by atoms with van der Waals surface area (Å²) in [5.74, 6) is -1.20. The molecule has 1 N–H and O–H groups in total. The van der Waals surface area contributed by atoms with Crippen molar-refractivity contribution in [2.45, 2.75) is 24.3 Å². The second kappa shape index (κ2) is 7.34. The van der Waals surface area contributed by atoms with Gasteiger partial charge in [0.1, 0.15) is 6.04 Å². The lowest BCUT2D eigenvalue weighted by atomic mass is 10.0. The Morgan fingerprint density at radius 1 is 1.21 bits per heavy atom. The number of likely N-dealkylation sites (N-methyl/N-ethyl adjacent to an activating group) is 1. The van der Waals surface area contributed by atoms with E-state index in [4.69, 9.17) is 11.6 Å². The average Bonchev–Trinajstić information content (AvgIpc) is 2.54. The summed E-state index contributed by atoms with van der Waals surface area (Å²) in [6.45, 7) is 1.81. The van der Waals surface area contributed by atoms with Crippen molar-refractivity contribution in [3.05, 3.63) is 64.7 Å². The van der Waals surface area contributed by atoms with Crippen molar-refractivity contribution in [1.82, 2.24) is 4.31 Å². The van der Waals surface area contributed by atoms with E-state index in [9.17, 15) is 18.3 Å². The lowest BCUT2D eigenvalue weighted by Crippen LogP contribution is -2.43. The van der Waals surface area contributed by atoms with Gasteiger partial charge in [0.2, 0.25) is 10.0 Å². The molecule has 0 amide bonds. The van der Waals surface area contributed by atoms with E-state index >= 15 is 0 Å². The molecule has 0 aliphatic rings. The van der Waals surface area contributed by atoms with Crippen LogP contribution in [0.4, 0.5) is 0 Å². The third kappa shape index (κ3) is 3.95. The molecule has 0 saturated heterocycles. The van der Waals surface area contributed by atoms with Crippen LogP contribution in [0.1, 0.15) is 11.1 Å². The van der Waals surface area contributed by atoms with Crippen LogP contribution in [0.25, 0.3) is 0 Å². The molecule has 1 atom stereocenters. The Labute approximate surface area is 146 Å². The predicted octanol–water partition coefficient (Wildman–Crippen LogP) is 2.96. The number of carboxylic acid groups (broad SMARTS) is 1. The largest absolute Gasteiger partial charge is 0.480 e. The van der Waals surface area contributed by atoms with Crippen LogP contribution in [0.3, 0.4) is 0 Å². The first-order valence-corrected chi connectivity index (χ1v) is 9.06. The van der Waals surface area contributed by atoms with Gasteiger partial charge in [0.05, 0.1) is 4.90 Å². The molecule has 0 aromatic heterocycles. The molecule has 0 heterocycles. The molecule has 0 radical (unpaired) electrons. The Balaban J connectivity index is 2.35. The number of benzene rings is 2. The maximum Gasteiger partial charge on any atom is 0.322 e. The highest BCUT2D eigenvalue weighted by Gasteiger charge is 2.33. The molecule has 7 heteroatoms. The van der Waals surface area contributed by atoms with Crippen molar-refractivity contribution in [3.63, 3.8) is 0 Å². The first kappa shape index (κ1) is 18.4. The zero-order valence-electron chi connectivity index (χ0n) is 13.3. The van der Waals surface area contributed by atoms with Crippen molar-refractivity contribution < 1.29 is 18.3 Å². The third-order valence-electron chi connectivity index (χ3n) is 3.86. The zero-order valence-corrected chi connectivity index (χ0v) is 14.9. The van der Waals surface area contributed by atoms with E-state index < -0.39 is 22.0 Å². The van der Waals surface area contributed by atoms with Gasteiger partial charge >= 0.3 is 5.97 Å². The number of sulfonamides is 1. The topological polar surface area (TPSA) is 74.7 Å². The van der Waals surface area contributed by atoms with Crippen LogP contribution in [-0.2, 0) is 21.2 Å². The van der Waals surface area contributed by atoms with Crippen molar-refractivity contribution in [2.75, 3.05) is 7.05 Å². The van der Waals surface area contributed by atoms with Crippen LogP contribution in [0.2, 0.25) is 5.02 Å². The molecule has 0 aliphatic carbocycles. The van der Waals surface area contributed by atoms with E-state index in [0.29, 0.717) is 5.02 Å². The van der Waals surface area contributed by atoms with Gasteiger partial charge in [-0.1, -0.05) is 35.9 Å². The summed E-state index contributed by atoms with van der Waals surface area (Å²) >= 11 is 5.91. The molecule has 0 saturated carbocycles. The van der Waals surface area contributed by atoms with Crippen LogP contribution in [0.15, 0.2) is 53.4 Å². The molecule has 2 aromatic carbocycles. The van der Waals surface area contributed by atoms with Gasteiger partial charge in [-0.05, 0) is 48.7 Å². The number of nitrogens with zero attached hydrogens (tertiary/aromatic N) is 1. The Morgan fingerprint density at radius 2 is 1.83 bits per heavy atom. The Morgan fingerprint density at radius 3 is 2.38 bits per heavy atom. The molecule has 2 rings (SSSR count). The number of hydrogen-bond acceptors (Lipinski definition) is 3. The predicted molar refractivity (Wildman–Crippen MR) is 92.7 cm³/mol. The van der Waals surface area contributed by atoms with Crippen LogP contribution >= 0.6 is 11.6 Å². The van der Waals surface area contributed by atoms with Gasteiger partial charge in [-0.25, -0.2) is 8.42 Å². The van der Waals surface area contributed by atoms with E-state index in [1.807, 2.05) is 6.92 Å². The SMILES string of the molecule is Cc1cc(Cl)ccc1C[C@H](C(=O)O)N(C)S(=O)(=O)c1ccccc1. The molecular formula is C17H18ClNO4S. The standard InChI is InChI=1S/C17H18ClNO4S/c1-12-10-14(18)9-8-13(12)11-16(17(20)21)19(2)24(22,23)15-6-4-3-5-7-15/h3-10,16H,11H2,1-2H3,(H,20,21)/t16-/m1/s1. The lowest BCUT2D eigenvalue weighted by molar-refractivity contribution is -0.141. The summed E-state index contributed by atoms with van der Waals surface area (Å²) in [5, 5.41) is 10.1. The molecular weight excluding hydrogens is 350 g/mol. The summed E-state index contributed by atoms with van der Waals surface area (Å²) in [7, 11) is -2.61. The summed E-state index contributed by atoms with van der Waals surface area (Å²) in [4.78, 5) is 11.7. The second-order valence-electron chi connectivity index (χ2n) is 5.46. The molecule has 0 bridgehead atoms. The van der Waals surface area contributed by atoms with Crippen LogP contribution in [-0.4, -0.2) is 36.9 Å². The summed E-state index contributed by atoms with van der Waals surface area (Å²) in [6.07, 6.45) is 0.0564. The number of halogens is 1. The first-order chi connectivity index (χ1) is 11.2. The number of rotatable bonds is 6. The highest BCUT2D eigenvalue weighted by molar-refractivity contribution is 7.89. The maximum atomic E-state index is 12.6. The van der Waals surface area contributed by atoms with E-state index in [-0.39, 0.29) is 11.3 Å². The van der Waals surface area contributed by atoms with Gasteiger partial charge < -0.3 is 5.11 Å². The minimum atomic E-state index is -3.90. The molecule has 0 spiro atoms. The maximum absolute atomic E-state index is 12.6. The number of hydrogen-bond donors (Lipinski definition) is 1. The summed E-state index contributed by atoms with van der Waals surface area (Å²) in [5.41, 5.74) is 1.56. The molecule has 0 fully saturated rings. The summed E-state index contributed by atoms with van der Waals surface area (Å²) < 4.78 is 26.2. The van der Waals surface area contributed by atoms with Crippen molar-refractivity contribution >= 4 is 27.6 Å². The minimum absolute atomic E-state index is 0.0564. The van der Waals surface area contributed by atoms with E-state index in [1.165, 1.54) is 19.2 Å². The van der Waals surface area contributed by atoms with Crippen molar-refractivity contribution in [2.24, 2.45) is 0 Å². The molecule has 128 valence electrons. The van der Waals surface area contributed by atoms with Gasteiger partial charge in [0.25, 0.3) is 0 Å².